The quantitative estimate of drug-likeness (QED) is 0.443. The van der Waals surface area contributed by atoms with Gasteiger partial charge in [0.25, 0.3) is 17.7 Å². The Kier molecular flexibility index (Phi) is 7.19. The third-order valence-corrected chi connectivity index (χ3v) is 4.71. The number of amides is 5. The van der Waals surface area contributed by atoms with Gasteiger partial charge < -0.3 is 19.9 Å². The van der Waals surface area contributed by atoms with Crippen molar-refractivity contribution in [3.63, 3.8) is 0 Å². The van der Waals surface area contributed by atoms with E-state index in [1.165, 1.54) is 37.5 Å². The molecule has 0 aliphatic carbocycles. The van der Waals surface area contributed by atoms with E-state index < -0.39 is 30.4 Å². The van der Waals surface area contributed by atoms with E-state index >= 15 is 0 Å². The molecule has 2 aromatic carbocycles. The monoisotopic (exact) mass is 473 g/mol. The summed E-state index contributed by atoms with van der Waals surface area (Å²) >= 11 is 6.23. The molecule has 0 bridgehead atoms. The van der Waals surface area contributed by atoms with Gasteiger partial charge >= 0.3 is 6.03 Å². The van der Waals surface area contributed by atoms with Crippen LogP contribution in [0.25, 0.3) is 6.08 Å². The van der Waals surface area contributed by atoms with Crippen molar-refractivity contribution in [1.29, 1.82) is 0 Å². The average Bonchev–Trinajstić information content (AvgIpc) is 2.76. The highest BCUT2D eigenvalue weighted by atomic mass is 35.5. The summed E-state index contributed by atoms with van der Waals surface area (Å²) in [6.45, 7) is 1.87. The van der Waals surface area contributed by atoms with Gasteiger partial charge in [-0.05, 0) is 55.0 Å². The number of ether oxygens (including phenoxy) is 3. The second kappa shape index (κ2) is 10.0. The predicted octanol–water partition coefficient (Wildman–Crippen LogP) is 2.28. The van der Waals surface area contributed by atoms with Crippen LogP contribution in [0, 0.1) is 0 Å². The van der Waals surface area contributed by atoms with Crippen molar-refractivity contribution in [2.45, 2.75) is 6.92 Å². The number of carbonyl (C=O) groups excluding carboxylic acids is 4. The molecule has 1 aliphatic rings. The normalized spacial score (nSPS) is 14.8. The van der Waals surface area contributed by atoms with Crippen LogP contribution in [0.5, 0.6) is 17.2 Å². The third kappa shape index (κ3) is 5.24. The molecule has 1 saturated heterocycles. The van der Waals surface area contributed by atoms with Gasteiger partial charge in [0.2, 0.25) is 0 Å². The predicted molar refractivity (Wildman–Crippen MR) is 119 cm³/mol. The highest BCUT2D eigenvalue weighted by Crippen LogP contribution is 2.37. The molecule has 11 heteroatoms. The Bertz CT molecular complexity index is 1150. The Morgan fingerprint density at radius 3 is 2.45 bits per heavy atom. The first-order valence-corrected chi connectivity index (χ1v) is 10.1. The van der Waals surface area contributed by atoms with Crippen LogP contribution in [0.3, 0.4) is 0 Å². The summed E-state index contributed by atoms with van der Waals surface area (Å²) in [4.78, 5) is 49.7. The number of nitrogens with two attached hydrogens (primary N) is 1. The lowest BCUT2D eigenvalue weighted by molar-refractivity contribution is -0.123. The number of carbonyl (C=O) groups is 4. The van der Waals surface area contributed by atoms with E-state index in [1.807, 2.05) is 6.92 Å². The molecular formula is C22H20ClN3O7. The van der Waals surface area contributed by atoms with E-state index in [9.17, 15) is 19.2 Å². The van der Waals surface area contributed by atoms with E-state index in [0.29, 0.717) is 17.9 Å². The first-order valence-electron chi connectivity index (χ1n) is 9.68. The Balaban J connectivity index is 1.95. The van der Waals surface area contributed by atoms with Crippen LogP contribution in [0.1, 0.15) is 12.5 Å². The third-order valence-electron chi connectivity index (χ3n) is 4.43. The molecule has 3 N–H and O–H groups in total. The zero-order valence-corrected chi connectivity index (χ0v) is 18.5. The molecule has 0 spiro atoms. The van der Waals surface area contributed by atoms with Crippen LogP contribution in [0.4, 0.5) is 10.5 Å². The molecular weight excluding hydrogens is 454 g/mol. The maximum atomic E-state index is 13.0. The van der Waals surface area contributed by atoms with Gasteiger partial charge in [-0.15, -0.1) is 0 Å². The van der Waals surface area contributed by atoms with Crippen molar-refractivity contribution in [3.8, 4) is 17.2 Å². The molecule has 3 rings (SSSR count). The summed E-state index contributed by atoms with van der Waals surface area (Å²) in [6, 6.07) is 8.25. The summed E-state index contributed by atoms with van der Waals surface area (Å²) < 4.78 is 15.9. The molecule has 1 fully saturated rings. The van der Waals surface area contributed by atoms with Crippen LogP contribution < -0.4 is 30.2 Å². The highest BCUT2D eigenvalue weighted by molar-refractivity contribution is 6.39. The lowest BCUT2D eigenvalue weighted by Crippen LogP contribution is -2.54. The van der Waals surface area contributed by atoms with Gasteiger partial charge in [0.05, 0.1) is 24.4 Å². The maximum absolute atomic E-state index is 13.0. The van der Waals surface area contributed by atoms with E-state index in [2.05, 4.69) is 5.32 Å². The number of urea groups is 1. The summed E-state index contributed by atoms with van der Waals surface area (Å²) in [7, 11) is 1.35. The number of nitrogens with zero attached hydrogens (tertiary/aromatic N) is 1. The fourth-order valence-corrected chi connectivity index (χ4v) is 3.30. The number of anilines is 1. The Hall–Kier alpha value is -4.05. The minimum Gasteiger partial charge on any atom is -0.494 e. The second-order valence-corrected chi connectivity index (χ2v) is 7.08. The van der Waals surface area contributed by atoms with Gasteiger partial charge in [0, 0.05) is 0 Å². The average molecular weight is 474 g/mol. The zero-order chi connectivity index (χ0) is 24.1. The maximum Gasteiger partial charge on any atom is 0.335 e. The Morgan fingerprint density at radius 2 is 1.85 bits per heavy atom. The van der Waals surface area contributed by atoms with Gasteiger partial charge in [0.1, 0.15) is 11.3 Å². The molecule has 2 aromatic rings. The summed E-state index contributed by atoms with van der Waals surface area (Å²) in [5, 5.41) is 2.20. The van der Waals surface area contributed by atoms with Gasteiger partial charge in [-0.2, -0.15) is 0 Å². The number of nitrogens with one attached hydrogen (secondary N) is 1. The van der Waals surface area contributed by atoms with Crippen LogP contribution in [0.2, 0.25) is 5.02 Å². The number of rotatable bonds is 8. The molecule has 0 aromatic heterocycles. The highest BCUT2D eigenvalue weighted by Gasteiger charge is 2.37. The molecule has 10 nitrogen and oxygen atoms in total. The summed E-state index contributed by atoms with van der Waals surface area (Å²) in [5.74, 6) is -1.60. The number of hydrogen-bond donors (Lipinski definition) is 2. The van der Waals surface area contributed by atoms with E-state index in [-0.39, 0.29) is 27.8 Å². The number of methoxy groups -OCH3 is 1. The van der Waals surface area contributed by atoms with Crippen molar-refractivity contribution < 1.29 is 33.4 Å². The lowest BCUT2D eigenvalue weighted by Gasteiger charge is -2.26. The fourth-order valence-electron chi connectivity index (χ4n) is 3.02. The number of benzene rings is 2. The lowest BCUT2D eigenvalue weighted by atomic mass is 10.1. The van der Waals surface area contributed by atoms with Crippen molar-refractivity contribution in [2.75, 3.05) is 25.2 Å². The SMILES string of the molecule is CCOc1ccc(N2C(=O)NC(=O)/C(=C\c3cc(Cl)c(OCC(N)=O)c(OC)c3)C2=O)cc1. The molecule has 0 atom stereocenters. The number of halogens is 1. The molecule has 1 heterocycles. The van der Waals surface area contributed by atoms with E-state index in [0.717, 1.165) is 4.90 Å². The van der Waals surface area contributed by atoms with E-state index in [1.54, 1.807) is 12.1 Å². The van der Waals surface area contributed by atoms with Crippen molar-refractivity contribution in [3.05, 3.63) is 52.6 Å². The van der Waals surface area contributed by atoms with Gasteiger partial charge in [-0.25, -0.2) is 9.69 Å². The number of hydrogen-bond acceptors (Lipinski definition) is 7. The largest absolute Gasteiger partial charge is 0.494 e. The number of imide groups is 2. The number of primary amides is 1. The Morgan fingerprint density at radius 1 is 1.15 bits per heavy atom. The minimum atomic E-state index is -0.878. The summed E-state index contributed by atoms with van der Waals surface area (Å²) in [5.41, 5.74) is 5.36. The van der Waals surface area contributed by atoms with Crippen molar-refractivity contribution in [1.82, 2.24) is 5.32 Å². The van der Waals surface area contributed by atoms with Crippen LogP contribution in [-0.4, -0.2) is 44.1 Å². The topological polar surface area (TPSA) is 137 Å². The standard InChI is InChI=1S/C22H20ClN3O7/c1-3-32-14-6-4-13(5-7-14)26-21(29)15(20(28)25-22(26)30)8-12-9-16(23)19(17(10-12)31-2)33-11-18(24)27/h4-10H,3,11H2,1-2H3,(H2,24,27)(H,25,28,30)/b15-8+. The first kappa shape index (κ1) is 23.6. The first-order chi connectivity index (χ1) is 15.7. The molecule has 0 saturated carbocycles. The molecule has 172 valence electrons. The molecule has 0 unspecified atom stereocenters. The van der Waals surface area contributed by atoms with Crippen molar-refractivity contribution in [2.24, 2.45) is 5.73 Å². The molecule has 0 radical (unpaired) electrons. The zero-order valence-electron chi connectivity index (χ0n) is 17.7. The summed E-state index contributed by atoms with van der Waals surface area (Å²) in [6.07, 6.45) is 1.26. The minimum absolute atomic E-state index is 0.0607. The van der Waals surface area contributed by atoms with E-state index in [4.69, 9.17) is 31.5 Å². The Labute approximate surface area is 193 Å². The van der Waals surface area contributed by atoms with Crippen LogP contribution in [0.15, 0.2) is 42.0 Å². The van der Waals surface area contributed by atoms with Crippen LogP contribution in [-0.2, 0) is 14.4 Å². The fraction of sp³-hybridized carbons (Fsp3) is 0.182. The molecule has 33 heavy (non-hydrogen) atoms. The van der Waals surface area contributed by atoms with Gasteiger partial charge in [-0.3, -0.25) is 19.7 Å². The van der Waals surface area contributed by atoms with Crippen LogP contribution >= 0.6 is 11.6 Å². The smallest absolute Gasteiger partial charge is 0.335 e. The molecule has 5 amide bonds. The van der Waals surface area contributed by atoms with Crippen molar-refractivity contribution >= 4 is 47.1 Å². The van der Waals surface area contributed by atoms with Gasteiger partial charge in [0.15, 0.2) is 18.1 Å². The van der Waals surface area contributed by atoms with Gasteiger partial charge in [-0.1, -0.05) is 11.6 Å². The number of barbiturate groups is 1. The second-order valence-electron chi connectivity index (χ2n) is 6.67. The molecule has 1 aliphatic heterocycles.